The largest absolute Gasteiger partial charge is 0.481 e. The second-order valence-electron chi connectivity index (χ2n) is 5.54. The Kier molecular flexibility index (Phi) is 5.08. The molecule has 0 aliphatic carbocycles. The zero-order valence-electron chi connectivity index (χ0n) is 12.6. The first-order chi connectivity index (χ1) is 11.2. The zero-order chi connectivity index (χ0) is 18.1. The molecule has 2 rings (SSSR count). The van der Waals surface area contributed by atoms with Crippen molar-refractivity contribution >= 4 is 5.97 Å². The predicted molar refractivity (Wildman–Crippen MR) is 78.5 cm³/mol. The van der Waals surface area contributed by atoms with E-state index >= 15 is 0 Å². The predicted octanol–water partition coefficient (Wildman–Crippen LogP) is -3.26. The van der Waals surface area contributed by atoms with E-state index in [4.69, 9.17) is 15.7 Å². The van der Waals surface area contributed by atoms with E-state index in [2.05, 4.69) is 0 Å². The number of aliphatic carboxylic acids is 1. The van der Waals surface area contributed by atoms with Crippen molar-refractivity contribution in [2.24, 2.45) is 0 Å². The molecule has 0 radical (unpaired) electrons. The van der Waals surface area contributed by atoms with Crippen molar-refractivity contribution in [1.29, 1.82) is 0 Å². The summed E-state index contributed by atoms with van der Waals surface area (Å²) in [4.78, 5) is 34.4. The van der Waals surface area contributed by atoms with E-state index in [1.165, 1.54) is 0 Å². The molecule has 11 heteroatoms. The number of aliphatic hydroxyl groups is 3. The summed E-state index contributed by atoms with van der Waals surface area (Å²) >= 11 is 0. The fraction of sp³-hybridized carbons (Fsp3) is 0.615. The first-order valence-corrected chi connectivity index (χ1v) is 7.21. The minimum absolute atomic E-state index is 0.00734. The van der Waals surface area contributed by atoms with Crippen molar-refractivity contribution in [2.75, 3.05) is 12.4 Å². The molecule has 4 atom stereocenters. The van der Waals surface area contributed by atoms with E-state index in [1.54, 1.807) is 0 Å². The molecule has 0 unspecified atom stereocenters. The molecule has 24 heavy (non-hydrogen) atoms. The molecule has 1 fully saturated rings. The van der Waals surface area contributed by atoms with Crippen LogP contribution in [0.25, 0.3) is 0 Å². The Labute approximate surface area is 135 Å². The molecule has 1 aliphatic heterocycles. The van der Waals surface area contributed by atoms with Crippen LogP contribution in [0.15, 0.2) is 21.9 Å². The van der Waals surface area contributed by atoms with Gasteiger partial charge in [0.15, 0.2) is 5.72 Å². The fourth-order valence-corrected chi connectivity index (χ4v) is 2.82. The lowest BCUT2D eigenvalue weighted by atomic mass is 9.96. The van der Waals surface area contributed by atoms with Gasteiger partial charge >= 0.3 is 11.7 Å². The Morgan fingerprint density at radius 2 is 2.04 bits per heavy atom. The monoisotopic (exact) mass is 345 g/mol. The average Bonchev–Trinajstić information content (AvgIpc) is 2.78. The number of ether oxygens (including phenoxy) is 1. The number of rotatable bonds is 6. The summed E-state index contributed by atoms with van der Waals surface area (Å²) in [5.41, 5.74) is -3.65. The lowest BCUT2D eigenvalue weighted by molar-refractivity contribution is -0.158. The number of hydrogen-bond acceptors (Lipinski definition) is 8. The number of carboxylic acid groups (broad SMARTS) is 1. The van der Waals surface area contributed by atoms with Crippen molar-refractivity contribution in [3.63, 3.8) is 0 Å². The van der Waals surface area contributed by atoms with Gasteiger partial charge in [-0.1, -0.05) is 0 Å². The topological polar surface area (TPSA) is 177 Å². The number of nitrogens with zero attached hydrogens (tertiary/aromatic N) is 2. The summed E-state index contributed by atoms with van der Waals surface area (Å²) in [5.74, 6) is 4.27. The third-order valence-electron chi connectivity index (χ3n) is 4.05. The number of hydrogen-bond donors (Lipinski definition) is 5. The number of aromatic nitrogens is 2. The molecule has 2 heterocycles. The van der Waals surface area contributed by atoms with Gasteiger partial charge in [0.2, 0.25) is 0 Å². The van der Waals surface area contributed by atoms with Gasteiger partial charge in [-0.15, -0.1) is 0 Å². The van der Waals surface area contributed by atoms with Crippen LogP contribution in [-0.2, 0) is 15.3 Å². The second kappa shape index (κ2) is 6.73. The van der Waals surface area contributed by atoms with Crippen LogP contribution in [-0.4, -0.2) is 60.6 Å². The summed E-state index contributed by atoms with van der Waals surface area (Å²) in [5, 5.41) is 38.4. The third-order valence-corrected chi connectivity index (χ3v) is 4.05. The van der Waals surface area contributed by atoms with Gasteiger partial charge in [-0.2, -0.15) is 4.68 Å². The quantitative estimate of drug-likeness (QED) is 0.331. The van der Waals surface area contributed by atoms with Crippen molar-refractivity contribution in [3.8, 4) is 0 Å². The molecule has 0 amide bonds. The Morgan fingerprint density at radius 3 is 2.58 bits per heavy atom. The molecule has 1 aliphatic rings. The molecule has 1 aromatic heterocycles. The van der Waals surface area contributed by atoms with Crippen molar-refractivity contribution < 1.29 is 30.0 Å². The first-order valence-electron chi connectivity index (χ1n) is 7.21. The van der Waals surface area contributed by atoms with Crippen LogP contribution in [0.1, 0.15) is 19.3 Å². The molecule has 1 saturated heterocycles. The van der Waals surface area contributed by atoms with E-state index in [0.717, 1.165) is 16.8 Å². The molecule has 1 aromatic rings. The molecular formula is C13H19N3O8. The SMILES string of the molecule is Nn1c(=O)ccn([C@]2(CCCC(=O)O)O[C@H](CO)[C@@H](O)[C@H]2O)c1=O. The minimum Gasteiger partial charge on any atom is -0.481 e. The van der Waals surface area contributed by atoms with E-state index in [0.29, 0.717) is 4.68 Å². The molecule has 0 saturated carbocycles. The van der Waals surface area contributed by atoms with E-state index in [1.807, 2.05) is 0 Å². The number of nitrogen functional groups attached to an aromatic ring is 1. The number of nitrogens with two attached hydrogens (primary N) is 1. The van der Waals surface area contributed by atoms with Crippen molar-refractivity contribution in [2.45, 2.75) is 43.3 Å². The standard InChI is InChI=1S/C13H19N3O8/c14-16-8(18)3-5-15(12(16)23)13(4-1-2-9(19)20)11(22)10(21)7(6-17)24-13/h3,5,7,10-11,17,21-22H,1-2,4,6,14H2,(H,19,20)/t7-,10-,11-,13-/m1/s1. The van der Waals surface area contributed by atoms with Crippen LogP contribution in [0.2, 0.25) is 0 Å². The van der Waals surface area contributed by atoms with Crippen LogP contribution >= 0.6 is 0 Å². The summed E-state index contributed by atoms with van der Waals surface area (Å²) < 4.78 is 6.65. The van der Waals surface area contributed by atoms with E-state index in [-0.39, 0.29) is 19.3 Å². The zero-order valence-corrected chi connectivity index (χ0v) is 12.6. The van der Waals surface area contributed by atoms with Crippen LogP contribution < -0.4 is 17.1 Å². The maximum Gasteiger partial charge on any atom is 0.352 e. The summed E-state index contributed by atoms with van der Waals surface area (Å²) in [7, 11) is 0. The first kappa shape index (κ1) is 18.1. The number of carbonyl (C=O) groups is 1. The number of aliphatic hydroxyl groups excluding tert-OH is 3. The number of carboxylic acids is 1. The summed E-state index contributed by atoms with van der Waals surface area (Å²) in [6.07, 6.45) is -3.71. The Morgan fingerprint density at radius 1 is 1.38 bits per heavy atom. The van der Waals surface area contributed by atoms with Crippen LogP contribution in [0.3, 0.4) is 0 Å². The summed E-state index contributed by atoms with van der Waals surface area (Å²) in [6.45, 7) is -0.629. The van der Waals surface area contributed by atoms with Gasteiger partial charge in [0.1, 0.15) is 18.3 Å². The lowest BCUT2D eigenvalue weighted by Crippen LogP contribution is -2.55. The molecule has 11 nitrogen and oxygen atoms in total. The maximum atomic E-state index is 12.3. The Balaban J connectivity index is 2.52. The van der Waals surface area contributed by atoms with Gasteiger partial charge in [-0.25, -0.2) is 4.79 Å². The van der Waals surface area contributed by atoms with Gasteiger partial charge in [0, 0.05) is 18.7 Å². The molecular weight excluding hydrogens is 326 g/mol. The Hall–Kier alpha value is -2.21. The van der Waals surface area contributed by atoms with Crippen LogP contribution in [0.4, 0.5) is 0 Å². The normalized spacial score (nSPS) is 29.7. The van der Waals surface area contributed by atoms with Crippen molar-refractivity contribution in [3.05, 3.63) is 33.1 Å². The van der Waals surface area contributed by atoms with Crippen LogP contribution in [0, 0.1) is 0 Å². The van der Waals surface area contributed by atoms with E-state index < -0.39 is 47.9 Å². The van der Waals surface area contributed by atoms with E-state index in [9.17, 15) is 29.7 Å². The van der Waals surface area contributed by atoms with Gasteiger partial charge in [-0.05, 0) is 12.8 Å². The Bertz CT molecular complexity index is 729. The molecule has 6 N–H and O–H groups in total. The smallest absolute Gasteiger partial charge is 0.352 e. The van der Waals surface area contributed by atoms with Gasteiger partial charge in [0.05, 0.1) is 6.61 Å². The highest BCUT2D eigenvalue weighted by atomic mass is 16.6. The lowest BCUT2D eigenvalue weighted by Gasteiger charge is -2.34. The highest BCUT2D eigenvalue weighted by molar-refractivity contribution is 5.66. The maximum absolute atomic E-state index is 12.3. The molecule has 134 valence electrons. The third kappa shape index (κ3) is 2.94. The van der Waals surface area contributed by atoms with Crippen LogP contribution in [0.5, 0.6) is 0 Å². The van der Waals surface area contributed by atoms with Crippen molar-refractivity contribution in [1.82, 2.24) is 9.24 Å². The second-order valence-corrected chi connectivity index (χ2v) is 5.54. The fourth-order valence-electron chi connectivity index (χ4n) is 2.82. The molecule has 0 bridgehead atoms. The van der Waals surface area contributed by atoms with Gasteiger partial charge in [0.25, 0.3) is 5.56 Å². The minimum atomic E-state index is -1.85. The summed E-state index contributed by atoms with van der Waals surface area (Å²) in [6, 6.07) is 0.967. The highest BCUT2D eigenvalue weighted by Gasteiger charge is 2.55. The van der Waals surface area contributed by atoms with Gasteiger partial charge in [-0.3, -0.25) is 14.2 Å². The molecule has 0 spiro atoms. The highest BCUT2D eigenvalue weighted by Crippen LogP contribution is 2.38. The average molecular weight is 345 g/mol. The molecule has 0 aromatic carbocycles. The van der Waals surface area contributed by atoms with Gasteiger partial charge < -0.3 is 31.0 Å².